The molecule has 2 aromatic carbocycles. The Hall–Kier alpha value is -3.50. The first-order valence-corrected chi connectivity index (χ1v) is 12.6. The minimum absolute atomic E-state index is 0.124. The molecule has 1 N–H and O–H groups in total. The quantitative estimate of drug-likeness (QED) is 0.176. The lowest BCUT2D eigenvalue weighted by molar-refractivity contribution is -0.118. The maximum Gasteiger partial charge on any atom is 0.250 e. The Balaban J connectivity index is 1.52. The van der Waals surface area contributed by atoms with E-state index in [0.29, 0.717) is 23.3 Å². The molecule has 0 unspecified atom stereocenters. The maximum atomic E-state index is 12.5. The number of nitrogens with zero attached hydrogens (tertiary/aromatic N) is 5. The van der Waals surface area contributed by atoms with Crippen LogP contribution in [0.5, 0.6) is 5.75 Å². The molecule has 2 heterocycles. The minimum atomic E-state index is -0.240. The third kappa shape index (κ3) is 6.34. The van der Waals surface area contributed by atoms with Gasteiger partial charge in [0.25, 0.3) is 5.91 Å². The van der Waals surface area contributed by atoms with E-state index in [1.54, 1.807) is 12.4 Å². The monoisotopic (exact) mass is 550 g/mol. The van der Waals surface area contributed by atoms with Crippen LogP contribution in [0.3, 0.4) is 0 Å². The van der Waals surface area contributed by atoms with Crippen LogP contribution in [-0.2, 0) is 4.79 Å². The van der Waals surface area contributed by atoms with Crippen LogP contribution in [-0.4, -0.2) is 43.7 Å². The van der Waals surface area contributed by atoms with E-state index in [9.17, 15) is 4.79 Å². The number of carbonyl (C=O) groups is 1. The van der Waals surface area contributed by atoms with Crippen LogP contribution in [0.2, 0.25) is 0 Å². The van der Waals surface area contributed by atoms with Gasteiger partial charge in [0.2, 0.25) is 0 Å². The Morgan fingerprint density at radius 1 is 1.11 bits per heavy atom. The van der Waals surface area contributed by atoms with E-state index in [1.165, 1.54) is 11.8 Å². The van der Waals surface area contributed by atoms with Gasteiger partial charge in [-0.3, -0.25) is 14.3 Å². The predicted octanol–water partition coefficient (Wildman–Crippen LogP) is 5.12. The molecule has 0 fully saturated rings. The molecule has 8 nitrogen and oxygen atoms in total. The van der Waals surface area contributed by atoms with Gasteiger partial charge in [0, 0.05) is 28.1 Å². The SMILES string of the molecule is CCOc1ccc(-n2c(SCC(=O)N/N=C(/C)c3ccc(Br)cc3)nnc2-c2cccnc2)cc1. The summed E-state index contributed by atoms with van der Waals surface area (Å²) in [5.74, 6) is 1.30. The molecular weight excluding hydrogens is 528 g/mol. The molecule has 0 radical (unpaired) electrons. The molecule has 0 saturated heterocycles. The van der Waals surface area contributed by atoms with Crippen molar-refractivity contribution in [1.29, 1.82) is 0 Å². The number of thioether (sulfide) groups is 1. The van der Waals surface area contributed by atoms with Gasteiger partial charge in [-0.15, -0.1) is 10.2 Å². The Morgan fingerprint density at radius 2 is 1.89 bits per heavy atom. The summed E-state index contributed by atoms with van der Waals surface area (Å²) in [7, 11) is 0. The number of ether oxygens (including phenoxy) is 1. The highest BCUT2D eigenvalue weighted by Gasteiger charge is 2.17. The molecule has 178 valence electrons. The van der Waals surface area contributed by atoms with Crippen molar-refractivity contribution in [2.75, 3.05) is 12.4 Å². The van der Waals surface area contributed by atoms with Crippen molar-refractivity contribution in [3.8, 4) is 22.8 Å². The molecule has 4 rings (SSSR count). The molecule has 35 heavy (non-hydrogen) atoms. The number of benzene rings is 2. The van der Waals surface area contributed by atoms with Crippen LogP contribution in [0.15, 0.2) is 87.8 Å². The summed E-state index contributed by atoms with van der Waals surface area (Å²) in [4.78, 5) is 16.7. The number of hydrogen-bond donors (Lipinski definition) is 1. The summed E-state index contributed by atoms with van der Waals surface area (Å²) in [6.07, 6.45) is 3.44. The van der Waals surface area contributed by atoms with Gasteiger partial charge >= 0.3 is 0 Å². The second kappa shape index (κ2) is 11.8. The first-order chi connectivity index (χ1) is 17.0. The zero-order chi connectivity index (χ0) is 24.6. The lowest BCUT2D eigenvalue weighted by atomic mass is 10.1. The summed E-state index contributed by atoms with van der Waals surface area (Å²) < 4.78 is 8.45. The smallest absolute Gasteiger partial charge is 0.250 e. The van der Waals surface area contributed by atoms with Gasteiger partial charge in [-0.05, 0) is 67.9 Å². The predicted molar refractivity (Wildman–Crippen MR) is 141 cm³/mol. The van der Waals surface area contributed by atoms with E-state index in [-0.39, 0.29) is 11.7 Å². The Bertz CT molecular complexity index is 1310. The maximum absolute atomic E-state index is 12.5. The second-order valence-electron chi connectivity index (χ2n) is 7.34. The number of nitrogens with one attached hydrogen (secondary N) is 1. The van der Waals surface area contributed by atoms with Crippen molar-refractivity contribution in [2.24, 2.45) is 5.10 Å². The number of hydrogen-bond acceptors (Lipinski definition) is 7. The van der Waals surface area contributed by atoms with Gasteiger partial charge in [-0.25, -0.2) is 5.43 Å². The van der Waals surface area contributed by atoms with Crippen molar-refractivity contribution in [2.45, 2.75) is 19.0 Å². The summed E-state index contributed by atoms with van der Waals surface area (Å²) >= 11 is 4.69. The van der Waals surface area contributed by atoms with E-state index in [2.05, 4.69) is 41.6 Å². The highest BCUT2D eigenvalue weighted by Crippen LogP contribution is 2.28. The number of carbonyl (C=O) groups excluding carboxylic acids is 1. The van der Waals surface area contributed by atoms with Crippen LogP contribution in [0.1, 0.15) is 19.4 Å². The van der Waals surface area contributed by atoms with Crippen LogP contribution in [0, 0.1) is 0 Å². The fourth-order valence-corrected chi connectivity index (χ4v) is 4.21. The zero-order valence-corrected chi connectivity index (χ0v) is 21.6. The summed E-state index contributed by atoms with van der Waals surface area (Å²) in [6.45, 7) is 4.38. The summed E-state index contributed by atoms with van der Waals surface area (Å²) in [6, 6.07) is 19.2. The van der Waals surface area contributed by atoms with E-state index < -0.39 is 0 Å². The molecule has 10 heteroatoms. The molecule has 0 aliphatic heterocycles. The average Bonchev–Trinajstić information content (AvgIpc) is 3.31. The molecule has 2 aromatic heterocycles. The van der Waals surface area contributed by atoms with Gasteiger partial charge in [-0.1, -0.05) is 39.8 Å². The fraction of sp³-hybridized carbons (Fsp3) is 0.160. The molecule has 0 bridgehead atoms. The summed E-state index contributed by atoms with van der Waals surface area (Å²) in [5, 5.41) is 13.5. The first-order valence-electron chi connectivity index (χ1n) is 10.9. The minimum Gasteiger partial charge on any atom is -0.494 e. The zero-order valence-electron chi connectivity index (χ0n) is 19.2. The molecule has 0 aliphatic rings. The topological polar surface area (TPSA) is 94.3 Å². The van der Waals surface area contributed by atoms with Gasteiger partial charge in [0.15, 0.2) is 11.0 Å². The van der Waals surface area contributed by atoms with Crippen LogP contribution >= 0.6 is 27.7 Å². The average molecular weight is 551 g/mol. The lowest BCUT2D eigenvalue weighted by Gasteiger charge is -2.11. The van der Waals surface area contributed by atoms with Crippen molar-refractivity contribution in [3.63, 3.8) is 0 Å². The highest BCUT2D eigenvalue weighted by molar-refractivity contribution is 9.10. The molecule has 0 aliphatic carbocycles. The molecule has 4 aromatic rings. The van der Waals surface area contributed by atoms with Crippen LogP contribution < -0.4 is 10.2 Å². The second-order valence-corrected chi connectivity index (χ2v) is 9.20. The number of halogens is 1. The normalized spacial score (nSPS) is 11.3. The summed E-state index contributed by atoms with van der Waals surface area (Å²) in [5.41, 5.74) is 5.93. The Kier molecular flexibility index (Phi) is 8.27. The van der Waals surface area contributed by atoms with Gasteiger partial charge < -0.3 is 4.74 Å². The Labute approximate surface area is 216 Å². The number of aromatic nitrogens is 4. The van der Waals surface area contributed by atoms with Crippen LogP contribution in [0.4, 0.5) is 0 Å². The van der Waals surface area contributed by atoms with Crippen molar-refractivity contribution >= 4 is 39.3 Å². The molecular formula is C25H23BrN6O2S. The standard InChI is InChI=1S/C25H23BrN6O2S/c1-3-34-22-12-10-21(11-13-22)32-24(19-5-4-14-27-15-19)30-31-25(32)35-16-23(33)29-28-17(2)18-6-8-20(26)9-7-18/h4-15H,3,16H2,1-2H3,(H,29,33)/b28-17-. The third-order valence-electron chi connectivity index (χ3n) is 4.90. The van der Waals surface area contributed by atoms with Crippen molar-refractivity contribution in [3.05, 3.63) is 83.1 Å². The van der Waals surface area contributed by atoms with E-state index >= 15 is 0 Å². The van der Waals surface area contributed by atoms with Gasteiger partial charge in [0.1, 0.15) is 5.75 Å². The number of rotatable bonds is 9. The van der Waals surface area contributed by atoms with E-state index in [1.807, 2.05) is 79.1 Å². The molecule has 1 amide bonds. The van der Waals surface area contributed by atoms with Gasteiger partial charge in [0.05, 0.1) is 18.1 Å². The fourth-order valence-electron chi connectivity index (χ4n) is 3.20. The largest absolute Gasteiger partial charge is 0.494 e. The van der Waals surface area contributed by atoms with E-state index in [0.717, 1.165) is 27.0 Å². The molecule has 0 saturated carbocycles. The number of pyridine rings is 1. The third-order valence-corrected chi connectivity index (χ3v) is 6.36. The van der Waals surface area contributed by atoms with Gasteiger partial charge in [-0.2, -0.15) is 5.10 Å². The number of amides is 1. The van der Waals surface area contributed by atoms with Crippen LogP contribution in [0.25, 0.3) is 17.1 Å². The lowest BCUT2D eigenvalue weighted by Crippen LogP contribution is -2.21. The van der Waals surface area contributed by atoms with Crippen molar-refractivity contribution < 1.29 is 9.53 Å². The number of hydrazone groups is 1. The van der Waals surface area contributed by atoms with E-state index in [4.69, 9.17) is 4.74 Å². The molecule has 0 atom stereocenters. The molecule has 0 spiro atoms. The first kappa shape index (κ1) is 24.6. The Morgan fingerprint density at radius 3 is 2.57 bits per heavy atom. The highest BCUT2D eigenvalue weighted by atomic mass is 79.9. The van der Waals surface area contributed by atoms with Crippen molar-refractivity contribution in [1.82, 2.24) is 25.2 Å².